The van der Waals surface area contributed by atoms with E-state index in [1.165, 1.54) is 0 Å². The Morgan fingerprint density at radius 2 is 1.87 bits per heavy atom. The third kappa shape index (κ3) is 2.73. The van der Waals surface area contributed by atoms with Gasteiger partial charge in [0.1, 0.15) is 11.8 Å². The highest BCUT2D eigenvalue weighted by atomic mass is 16.5. The predicted octanol–water partition coefficient (Wildman–Crippen LogP) is 3.47. The molecule has 0 heterocycles. The molecule has 0 aromatic heterocycles. The van der Waals surface area contributed by atoms with Crippen LogP contribution in [0, 0.1) is 11.3 Å². The Morgan fingerprint density at radius 1 is 1.20 bits per heavy atom. The third-order valence-electron chi connectivity index (χ3n) is 2.15. The molecule has 1 rings (SSSR count). The quantitative estimate of drug-likeness (QED) is 0.753. The Kier molecular flexibility index (Phi) is 3.74. The summed E-state index contributed by atoms with van der Waals surface area (Å²) in [5.41, 5.74) is 1.72. The smallest absolute Gasteiger partial charge is 0.137 e. The number of hydrogen-bond acceptors (Lipinski definition) is 2. The number of rotatable bonds is 3. The van der Waals surface area contributed by atoms with E-state index in [9.17, 15) is 0 Å². The molecule has 0 N–H and O–H groups in total. The van der Waals surface area contributed by atoms with Crippen molar-refractivity contribution in [1.82, 2.24) is 0 Å². The fourth-order valence-electron chi connectivity index (χ4n) is 1.50. The van der Waals surface area contributed by atoms with Crippen LogP contribution in [0.3, 0.4) is 0 Å². The summed E-state index contributed by atoms with van der Waals surface area (Å²) >= 11 is 0. The van der Waals surface area contributed by atoms with E-state index in [1.54, 1.807) is 0 Å². The first-order valence-corrected chi connectivity index (χ1v) is 5.26. The van der Waals surface area contributed by atoms with Crippen molar-refractivity contribution in [3.8, 4) is 11.8 Å². The van der Waals surface area contributed by atoms with Crippen molar-refractivity contribution in [2.24, 2.45) is 0 Å². The lowest BCUT2D eigenvalue weighted by Crippen LogP contribution is -2.08. The van der Waals surface area contributed by atoms with Crippen molar-refractivity contribution in [2.45, 2.75) is 39.7 Å². The molecule has 0 fully saturated rings. The first-order valence-electron chi connectivity index (χ1n) is 5.26. The molecule has 1 aromatic carbocycles. The lowest BCUT2D eigenvalue weighted by atomic mass is 9.97. The van der Waals surface area contributed by atoms with Gasteiger partial charge in [-0.05, 0) is 31.4 Å². The van der Waals surface area contributed by atoms with Gasteiger partial charge < -0.3 is 4.74 Å². The van der Waals surface area contributed by atoms with Crippen LogP contribution in [0.15, 0.2) is 18.2 Å². The SMILES string of the molecule is CC(C)Oc1cccc(C(C)C)c1C#N. The number of benzene rings is 1. The standard InChI is InChI=1S/C13H17NO/c1-9(2)11-6-5-7-13(12(11)8-14)15-10(3)4/h5-7,9-10H,1-4H3. The fraction of sp³-hybridized carbons (Fsp3) is 0.462. The van der Waals surface area contributed by atoms with Crippen LogP contribution < -0.4 is 4.74 Å². The highest BCUT2D eigenvalue weighted by molar-refractivity contribution is 5.50. The van der Waals surface area contributed by atoms with Gasteiger partial charge in [-0.2, -0.15) is 5.26 Å². The molecule has 0 unspecified atom stereocenters. The van der Waals surface area contributed by atoms with Crippen LogP contribution in [0.4, 0.5) is 0 Å². The van der Waals surface area contributed by atoms with Gasteiger partial charge >= 0.3 is 0 Å². The van der Waals surface area contributed by atoms with E-state index in [0.29, 0.717) is 17.2 Å². The number of hydrogen-bond donors (Lipinski definition) is 0. The second-order valence-electron chi connectivity index (χ2n) is 4.15. The Labute approximate surface area is 91.5 Å². The molecule has 0 bridgehead atoms. The zero-order valence-corrected chi connectivity index (χ0v) is 9.74. The lowest BCUT2D eigenvalue weighted by molar-refractivity contribution is 0.241. The number of nitrogens with zero attached hydrogens (tertiary/aromatic N) is 1. The second kappa shape index (κ2) is 4.84. The van der Waals surface area contributed by atoms with Crippen LogP contribution in [0.1, 0.15) is 44.7 Å². The molecule has 0 aliphatic heterocycles. The molecule has 0 atom stereocenters. The summed E-state index contributed by atoms with van der Waals surface area (Å²) in [6.07, 6.45) is 0.0968. The van der Waals surface area contributed by atoms with Crippen molar-refractivity contribution >= 4 is 0 Å². The van der Waals surface area contributed by atoms with Gasteiger partial charge in [-0.1, -0.05) is 26.0 Å². The summed E-state index contributed by atoms with van der Waals surface area (Å²) in [5, 5.41) is 9.13. The Hall–Kier alpha value is -1.49. The van der Waals surface area contributed by atoms with E-state index in [2.05, 4.69) is 19.9 Å². The minimum Gasteiger partial charge on any atom is -0.490 e. The number of ether oxygens (including phenoxy) is 1. The summed E-state index contributed by atoms with van der Waals surface area (Å²) in [6, 6.07) is 8.00. The van der Waals surface area contributed by atoms with Gasteiger partial charge in [0.05, 0.1) is 11.7 Å². The molecule has 0 saturated heterocycles. The molecule has 0 spiro atoms. The highest BCUT2D eigenvalue weighted by Crippen LogP contribution is 2.27. The van der Waals surface area contributed by atoms with E-state index in [-0.39, 0.29) is 6.10 Å². The predicted molar refractivity (Wildman–Crippen MR) is 61.0 cm³/mol. The summed E-state index contributed by atoms with van der Waals surface area (Å²) in [6.45, 7) is 8.08. The van der Waals surface area contributed by atoms with Crippen LogP contribution in [0.5, 0.6) is 5.75 Å². The van der Waals surface area contributed by atoms with Crippen molar-refractivity contribution in [1.29, 1.82) is 5.26 Å². The van der Waals surface area contributed by atoms with Crippen LogP contribution in [0.25, 0.3) is 0 Å². The monoisotopic (exact) mass is 203 g/mol. The molecule has 2 heteroatoms. The van der Waals surface area contributed by atoms with Crippen molar-refractivity contribution < 1.29 is 4.74 Å². The normalized spacial score (nSPS) is 10.5. The summed E-state index contributed by atoms with van der Waals surface area (Å²) < 4.78 is 5.60. The van der Waals surface area contributed by atoms with Crippen molar-refractivity contribution in [3.05, 3.63) is 29.3 Å². The molecular formula is C13H17NO. The summed E-state index contributed by atoms with van der Waals surface area (Å²) in [5.74, 6) is 1.04. The molecule has 0 saturated carbocycles. The van der Waals surface area contributed by atoms with Gasteiger partial charge in [-0.3, -0.25) is 0 Å². The zero-order chi connectivity index (χ0) is 11.4. The van der Waals surface area contributed by atoms with Gasteiger partial charge in [0.25, 0.3) is 0 Å². The van der Waals surface area contributed by atoms with Gasteiger partial charge in [0.2, 0.25) is 0 Å². The van der Waals surface area contributed by atoms with E-state index < -0.39 is 0 Å². The molecule has 80 valence electrons. The van der Waals surface area contributed by atoms with E-state index >= 15 is 0 Å². The van der Waals surface area contributed by atoms with Gasteiger partial charge in [-0.15, -0.1) is 0 Å². The Bertz CT molecular complexity index is 375. The van der Waals surface area contributed by atoms with E-state index in [0.717, 1.165) is 5.56 Å². The molecule has 0 amide bonds. The van der Waals surface area contributed by atoms with Crippen LogP contribution in [-0.2, 0) is 0 Å². The maximum atomic E-state index is 9.13. The van der Waals surface area contributed by atoms with E-state index in [1.807, 2.05) is 32.0 Å². The fourth-order valence-corrected chi connectivity index (χ4v) is 1.50. The first-order chi connectivity index (χ1) is 7.06. The summed E-state index contributed by atoms with van der Waals surface area (Å²) in [4.78, 5) is 0. The Balaban J connectivity index is 3.18. The molecule has 0 aliphatic carbocycles. The number of nitriles is 1. The lowest BCUT2D eigenvalue weighted by Gasteiger charge is -2.15. The average molecular weight is 203 g/mol. The van der Waals surface area contributed by atoms with Crippen molar-refractivity contribution in [2.75, 3.05) is 0 Å². The summed E-state index contributed by atoms with van der Waals surface area (Å²) in [7, 11) is 0. The zero-order valence-electron chi connectivity index (χ0n) is 9.74. The molecule has 15 heavy (non-hydrogen) atoms. The topological polar surface area (TPSA) is 33.0 Å². The highest BCUT2D eigenvalue weighted by Gasteiger charge is 2.12. The molecule has 2 nitrogen and oxygen atoms in total. The second-order valence-corrected chi connectivity index (χ2v) is 4.15. The average Bonchev–Trinajstić information content (AvgIpc) is 2.16. The maximum absolute atomic E-state index is 9.13. The third-order valence-corrected chi connectivity index (χ3v) is 2.15. The van der Waals surface area contributed by atoms with E-state index in [4.69, 9.17) is 10.00 Å². The molecule has 0 radical (unpaired) electrons. The molecular weight excluding hydrogens is 186 g/mol. The van der Waals surface area contributed by atoms with Crippen molar-refractivity contribution in [3.63, 3.8) is 0 Å². The van der Waals surface area contributed by atoms with Crippen LogP contribution in [-0.4, -0.2) is 6.10 Å². The van der Waals surface area contributed by atoms with Gasteiger partial charge in [0, 0.05) is 0 Å². The van der Waals surface area contributed by atoms with Crippen LogP contribution in [0.2, 0.25) is 0 Å². The minimum absolute atomic E-state index is 0.0968. The minimum atomic E-state index is 0.0968. The molecule has 1 aromatic rings. The van der Waals surface area contributed by atoms with Gasteiger partial charge in [-0.25, -0.2) is 0 Å². The Morgan fingerprint density at radius 3 is 2.33 bits per heavy atom. The first kappa shape index (κ1) is 11.6. The molecule has 0 aliphatic rings. The maximum Gasteiger partial charge on any atom is 0.137 e. The van der Waals surface area contributed by atoms with Gasteiger partial charge in [0.15, 0.2) is 0 Å². The van der Waals surface area contributed by atoms with Crippen LogP contribution >= 0.6 is 0 Å². The largest absolute Gasteiger partial charge is 0.490 e.